The normalized spacial score (nSPS) is 24.8. The third kappa shape index (κ3) is 1.05. The summed E-state index contributed by atoms with van der Waals surface area (Å²) >= 11 is 5.97. The molecule has 1 aromatic rings. The Morgan fingerprint density at radius 3 is 2.92 bits per heavy atom. The number of aromatic nitrogens is 2. The molecule has 5 heteroatoms. The van der Waals surface area contributed by atoms with Gasteiger partial charge in [-0.1, -0.05) is 11.6 Å². The van der Waals surface area contributed by atoms with E-state index in [0.717, 1.165) is 5.56 Å². The van der Waals surface area contributed by atoms with Crippen LogP contribution in [0.25, 0.3) is 0 Å². The van der Waals surface area contributed by atoms with E-state index in [2.05, 4.69) is 20.2 Å². The monoisotopic (exact) mass is 194 g/mol. The summed E-state index contributed by atoms with van der Waals surface area (Å²) in [5.41, 5.74) is 0.923. The fourth-order valence-corrected chi connectivity index (χ4v) is 1.86. The minimum Gasteiger partial charge on any atom is -0.224 e. The van der Waals surface area contributed by atoms with Gasteiger partial charge in [-0.05, 0) is 18.8 Å². The summed E-state index contributed by atoms with van der Waals surface area (Å²) < 4.78 is 0. The zero-order valence-electron chi connectivity index (χ0n) is 6.81. The van der Waals surface area contributed by atoms with Crippen LogP contribution in [0.4, 0.5) is 5.82 Å². The van der Waals surface area contributed by atoms with Gasteiger partial charge in [0, 0.05) is 0 Å². The average Bonchev–Trinajstić information content (AvgIpc) is 2.87. The van der Waals surface area contributed by atoms with Crippen LogP contribution in [0.15, 0.2) is 16.6 Å². The van der Waals surface area contributed by atoms with Crippen LogP contribution in [0.5, 0.6) is 0 Å². The molecule has 4 nitrogen and oxygen atoms in total. The average molecular weight is 195 g/mol. The Morgan fingerprint density at radius 2 is 2.15 bits per heavy atom. The van der Waals surface area contributed by atoms with Gasteiger partial charge in [-0.25, -0.2) is 9.97 Å². The number of rotatable bonds is 1. The second-order valence-corrected chi connectivity index (χ2v) is 3.76. The Kier molecular flexibility index (Phi) is 1.41. The second-order valence-electron chi connectivity index (χ2n) is 3.40. The van der Waals surface area contributed by atoms with Gasteiger partial charge >= 0.3 is 0 Å². The molecule has 13 heavy (non-hydrogen) atoms. The van der Waals surface area contributed by atoms with E-state index in [-0.39, 0.29) is 6.04 Å². The van der Waals surface area contributed by atoms with E-state index in [0.29, 0.717) is 16.9 Å². The van der Waals surface area contributed by atoms with Gasteiger partial charge in [0.2, 0.25) is 0 Å². The molecule has 2 heterocycles. The fraction of sp³-hybridized carbons (Fsp3) is 0.500. The number of nitrogens with zero attached hydrogens (tertiary/aromatic N) is 4. The van der Waals surface area contributed by atoms with Crippen molar-refractivity contribution in [1.82, 2.24) is 9.97 Å². The van der Waals surface area contributed by atoms with Gasteiger partial charge in [0.05, 0.1) is 5.56 Å². The first-order chi connectivity index (χ1) is 6.36. The number of hydrogen-bond acceptors (Lipinski definition) is 4. The third-order valence-electron chi connectivity index (χ3n) is 2.46. The first-order valence-corrected chi connectivity index (χ1v) is 4.65. The Bertz CT molecular complexity index is 386. The molecule has 2 aliphatic rings. The van der Waals surface area contributed by atoms with Gasteiger partial charge in [-0.3, -0.25) is 0 Å². The summed E-state index contributed by atoms with van der Waals surface area (Å²) in [7, 11) is 0. The van der Waals surface area contributed by atoms with E-state index in [4.69, 9.17) is 11.6 Å². The summed E-state index contributed by atoms with van der Waals surface area (Å²) in [5, 5.41) is 8.66. The Balaban J connectivity index is 2.11. The molecule has 66 valence electrons. The number of halogens is 1. The van der Waals surface area contributed by atoms with Crippen molar-refractivity contribution in [2.45, 2.75) is 18.9 Å². The Morgan fingerprint density at radius 1 is 1.31 bits per heavy atom. The zero-order chi connectivity index (χ0) is 8.84. The SMILES string of the molecule is Clc1ncnc2c1[C@@H](C1CC1)N=N2. The van der Waals surface area contributed by atoms with Crippen LogP contribution < -0.4 is 0 Å². The smallest absolute Gasteiger partial charge is 0.184 e. The van der Waals surface area contributed by atoms with Crippen LogP contribution in [0.3, 0.4) is 0 Å². The molecule has 1 atom stereocenters. The van der Waals surface area contributed by atoms with Crippen molar-refractivity contribution in [3.05, 3.63) is 17.0 Å². The van der Waals surface area contributed by atoms with Crippen LogP contribution in [-0.4, -0.2) is 9.97 Å². The molecule has 0 unspecified atom stereocenters. The lowest BCUT2D eigenvalue weighted by Crippen LogP contribution is -1.96. The molecule has 1 aromatic heterocycles. The number of hydrogen-bond donors (Lipinski definition) is 0. The molecule has 1 aliphatic heterocycles. The summed E-state index contributed by atoms with van der Waals surface area (Å²) in [6.45, 7) is 0. The highest BCUT2D eigenvalue weighted by atomic mass is 35.5. The standard InChI is InChI=1S/C8H7ClN4/c9-7-5-6(4-1-2-4)12-13-8(5)11-3-10-7/h3-4,6H,1-2H2/t6-/m1/s1. The van der Waals surface area contributed by atoms with E-state index in [1.54, 1.807) is 0 Å². The van der Waals surface area contributed by atoms with Crippen LogP contribution in [0.2, 0.25) is 5.15 Å². The van der Waals surface area contributed by atoms with Crippen LogP contribution >= 0.6 is 11.6 Å². The van der Waals surface area contributed by atoms with Crippen LogP contribution in [0.1, 0.15) is 24.4 Å². The van der Waals surface area contributed by atoms with E-state index in [1.807, 2.05) is 0 Å². The van der Waals surface area contributed by atoms with Crippen molar-refractivity contribution in [2.75, 3.05) is 0 Å². The van der Waals surface area contributed by atoms with E-state index in [9.17, 15) is 0 Å². The molecule has 0 bridgehead atoms. The largest absolute Gasteiger partial charge is 0.224 e. The van der Waals surface area contributed by atoms with E-state index < -0.39 is 0 Å². The second kappa shape index (κ2) is 2.48. The minimum absolute atomic E-state index is 0.128. The molecule has 1 saturated carbocycles. The molecule has 0 amide bonds. The minimum atomic E-state index is 0.128. The van der Waals surface area contributed by atoms with Crippen molar-refractivity contribution in [2.24, 2.45) is 16.1 Å². The molecular formula is C8H7ClN4. The number of fused-ring (bicyclic) bond motifs is 1. The van der Waals surface area contributed by atoms with Crippen molar-refractivity contribution < 1.29 is 0 Å². The zero-order valence-corrected chi connectivity index (χ0v) is 7.57. The highest BCUT2D eigenvalue weighted by Gasteiger charge is 2.38. The molecule has 0 radical (unpaired) electrons. The van der Waals surface area contributed by atoms with Gasteiger partial charge < -0.3 is 0 Å². The lowest BCUT2D eigenvalue weighted by atomic mass is 10.1. The molecule has 1 aliphatic carbocycles. The Hall–Kier alpha value is -1.03. The summed E-state index contributed by atoms with van der Waals surface area (Å²) in [5.74, 6) is 1.27. The highest BCUT2D eigenvalue weighted by molar-refractivity contribution is 6.30. The lowest BCUT2D eigenvalue weighted by Gasteiger charge is -2.05. The lowest BCUT2D eigenvalue weighted by molar-refractivity contribution is 0.631. The maximum absolute atomic E-state index is 5.97. The van der Waals surface area contributed by atoms with E-state index >= 15 is 0 Å². The summed E-state index contributed by atoms with van der Waals surface area (Å²) in [6.07, 6.45) is 3.86. The highest BCUT2D eigenvalue weighted by Crippen LogP contribution is 2.50. The fourth-order valence-electron chi connectivity index (χ4n) is 1.62. The van der Waals surface area contributed by atoms with Gasteiger partial charge in [0.1, 0.15) is 17.5 Å². The predicted molar refractivity (Wildman–Crippen MR) is 47.0 cm³/mol. The van der Waals surface area contributed by atoms with Gasteiger partial charge in [-0.15, -0.1) is 5.11 Å². The molecule has 0 spiro atoms. The Labute approximate surface area is 80.1 Å². The maximum Gasteiger partial charge on any atom is 0.184 e. The molecule has 0 aromatic carbocycles. The molecular weight excluding hydrogens is 188 g/mol. The number of azo groups is 1. The third-order valence-corrected chi connectivity index (χ3v) is 2.76. The van der Waals surface area contributed by atoms with E-state index in [1.165, 1.54) is 19.2 Å². The first kappa shape index (κ1) is 7.38. The molecule has 0 N–H and O–H groups in total. The molecule has 3 rings (SSSR count). The summed E-state index contributed by atoms with van der Waals surface area (Å²) in [6, 6.07) is 0.128. The predicted octanol–water partition coefficient (Wildman–Crippen LogP) is 2.68. The van der Waals surface area contributed by atoms with Gasteiger partial charge in [0.25, 0.3) is 0 Å². The quantitative estimate of drug-likeness (QED) is 0.646. The summed E-state index contributed by atoms with van der Waals surface area (Å²) in [4.78, 5) is 7.97. The van der Waals surface area contributed by atoms with Crippen LogP contribution in [-0.2, 0) is 0 Å². The molecule has 0 saturated heterocycles. The maximum atomic E-state index is 5.97. The topological polar surface area (TPSA) is 50.5 Å². The molecule has 1 fully saturated rings. The van der Waals surface area contributed by atoms with Gasteiger partial charge in [-0.2, -0.15) is 5.11 Å². The van der Waals surface area contributed by atoms with Crippen molar-refractivity contribution in [3.63, 3.8) is 0 Å². The van der Waals surface area contributed by atoms with Crippen molar-refractivity contribution >= 4 is 17.4 Å². The first-order valence-electron chi connectivity index (χ1n) is 4.27. The van der Waals surface area contributed by atoms with Gasteiger partial charge in [0.15, 0.2) is 5.82 Å². The van der Waals surface area contributed by atoms with Crippen molar-refractivity contribution in [1.29, 1.82) is 0 Å². The van der Waals surface area contributed by atoms with Crippen LogP contribution in [0, 0.1) is 5.92 Å². The van der Waals surface area contributed by atoms with Crippen molar-refractivity contribution in [3.8, 4) is 0 Å².